The first-order chi connectivity index (χ1) is 17.8. The molecule has 204 valence electrons. The van der Waals surface area contributed by atoms with Gasteiger partial charge in [0.05, 0.1) is 36.1 Å². The molecule has 10 heteroatoms. The zero-order valence-corrected chi connectivity index (χ0v) is 22.1. The summed E-state index contributed by atoms with van der Waals surface area (Å²) in [5.74, 6) is -2.65. The molecule has 0 aromatic carbocycles. The van der Waals surface area contributed by atoms with E-state index in [1.54, 1.807) is 12.3 Å². The first kappa shape index (κ1) is 24.3. The fourth-order valence-electron chi connectivity index (χ4n) is 9.78. The summed E-state index contributed by atoms with van der Waals surface area (Å²) in [6.45, 7) is 8.93. The number of esters is 3. The molecule has 1 aromatic rings. The van der Waals surface area contributed by atoms with Crippen molar-refractivity contribution in [3.8, 4) is 0 Å². The normalized spacial score (nSPS) is 49.9. The second-order valence-electron chi connectivity index (χ2n) is 12.9. The van der Waals surface area contributed by atoms with E-state index >= 15 is 0 Å². The summed E-state index contributed by atoms with van der Waals surface area (Å²) in [7, 11) is 0. The fourth-order valence-corrected chi connectivity index (χ4v) is 9.78. The van der Waals surface area contributed by atoms with Crippen molar-refractivity contribution in [2.75, 3.05) is 6.61 Å². The van der Waals surface area contributed by atoms with Crippen LogP contribution in [0.25, 0.3) is 0 Å². The van der Waals surface area contributed by atoms with E-state index in [-0.39, 0.29) is 30.7 Å². The zero-order valence-electron chi connectivity index (χ0n) is 22.1. The Morgan fingerprint density at radius 1 is 1.08 bits per heavy atom. The van der Waals surface area contributed by atoms with E-state index in [1.807, 2.05) is 27.7 Å². The minimum atomic E-state index is -1.26. The second-order valence-corrected chi connectivity index (χ2v) is 12.9. The number of epoxide rings is 1. The molecule has 0 unspecified atom stereocenters. The molecular weight excluding hydrogens is 496 g/mol. The maximum atomic E-state index is 14.8. The van der Waals surface area contributed by atoms with E-state index in [0.29, 0.717) is 18.4 Å². The van der Waals surface area contributed by atoms with Crippen LogP contribution in [0, 0.1) is 28.1 Å². The summed E-state index contributed by atoms with van der Waals surface area (Å²) in [6, 6.07) is 1.76. The van der Waals surface area contributed by atoms with Crippen molar-refractivity contribution in [3.63, 3.8) is 0 Å². The molecule has 0 bridgehead atoms. The average molecular weight is 529 g/mol. The monoisotopic (exact) mass is 528 g/mol. The van der Waals surface area contributed by atoms with Crippen LogP contribution in [-0.4, -0.2) is 59.8 Å². The number of rotatable bonds is 2. The molecule has 10 atom stereocenters. The van der Waals surface area contributed by atoms with Crippen molar-refractivity contribution < 1.29 is 47.3 Å². The topological polar surface area (TPSA) is 131 Å². The van der Waals surface area contributed by atoms with Gasteiger partial charge < -0.3 is 28.1 Å². The Kier molecular flexibility index (Phi) is 4.53. The molecule has 5 heterocycles. The number of carbonyl (C=O) groups excluding carboxylic acids is 4. The predicted molar refractivity (Wildman–Crippen MR) is 125 cm³/mol. The lowest BCUT2D eigenvalue weighted by atomic mass is 9.36. The van der Waals surface area contributed by atoms with Crippen LogP contribution in [0.3, 0.4) is 0 Å². The highest BCUT2D eigenvalue weighted by Crippen LogP contribution is 2.79. The van der Waals surface area contributed by atoms with E-state index in [2.05, 4.69) is 0 Å². The number of ketones is 1. The molecule has 4 aliphatic heterocycles. The molecule has 0 amide bonds. The third-order valence-corrected chi connectivity index (χ3v) is 11.0. The Balaban J connectivity index is 1.45. The molecule has 6 aliphatic rings. The van der Waals surface area contributed by atoms with Crippen LogP contribution in [0.2, 0.25) is 0 Å². The largest absolute Gasteiger partial charge is 0.472 e. The molecule has 2 spiro atoms. The fraction of sp³-hybridized carbons (Fsp3) is 0.714. The SMILES string of the molecule is CC(=O)O[C@H]1C(=O)[C@]2(C)[C@H](CC[C@]3(C)[C@H](c4ccoc4)OC(=O)[C@@H]4O[C@]432)[C@]23COC(=O)C[C@@H]2OC(C)(C)[C@@H]13. The van der Waals surface area contributed by atoms with Gasteiger partial charge in [0, 0.05) is 29.2 Å². The van der Waals surface area contributed by atoms with Crippen LogP contribution in [-0.2, 0) is 42.9 Å². The van der Waals surface area contributed by atoms with Gasteiger partial charge in [-0.05, 0) is 45.6 Å². The van der Waals surface area contributed by atoms with E-state index in [0.717, 1.165) is 0 Å². The lowest BCUT2D eigenvalue weighted by Crippen LogP contribution is -2.76. The zero-order chi connectivity index (χ0) is 27.0. The lowest BCUT2D eigenvalue weighted by Gasteiger charge is -2.65. The Bertz CT molecular complexity index is 1270. The summed E-state index contributed by atoms with van der Waals surface area (Å²) in [5.41, 5.74) is -4.21. The van der Waals surface area contributed by atoms with E-state index in [9.17, 15) is 19.2 Å². The minimum absolute atomic E-state index is 0.0434. The number of fused-ring (bicyclic) bond motifs is 1. The summed E-state index contributed by atoms with van der Waals surface area (Å²) in [4.78, 5) is 53.0. The van der Waals surface area contributed by atoms with Gasteiger partial charge in [0.25, 0.3) is 0 Å². The molecular formula is C28H32O10. The van der Waals surface area contributed by atoms with Crippen molar-refractivity contribution >= 4 is 23.7 Å². The number of Topliss-reactive ketones (excluding diaryl/α,β-unsaturated/α-hetero) is 1. The van der Waals surface area contributed by atoms with E-state index in [1.165, 1.54) is 13.2 Å². The van der Waals surface area contributed by atoms with Crippen molar-refractivity contribution in [2.45, 2.75) is 89.5 Å². The van der Waals surface area contributed by atoms with E-state index < -0.39 is 69.7 Å². The van der Waals surface area contributed by atoms with Gasteiger partial charge >= 0.3 is 17.9 Å². The number of ether oxygens (including phenoxy) is 5. The van der Waals surface area contributed by atoms with Crippen molar-refractivity contribution in [1.82, 2.24) is 0 Å². The highest BCUT2D eigenvalue weighted by molar-refractivity contribution is 5.97. The highest BCUT2D eigenvalue weighted by Gasteiger charge is 2.91. The molecule has 7 rings (SSSR count). The van der Waals surface area contributed by atoms with Gasteiger partial charge in [-0.1, -0.05) is 6.92 Å². The highest BCUT2D eigenvalue weighted by atomic mass is 16.7. The van der Waals surface area contributed by atoms with Gasteiger partial charge in [-0.2, -0.15) is 0 Å². The lowest BCUT2D eigenvalue weighted by molar-refractivity contribution is -0.240. The molecule has 1 aromatic heterocycles. The van der Waals surface area contributed by atoms with Gasteiger partial charge in [0.1, 0.15) is 18.3 Å². The third-order valence-electron chi connectivity index (χ3n) is 11.0. The summed E-state index contributed by atoms with van der Waals surface area (Å²) in [5, 5.41) is 0. The average Bonchev–Trinajstić information content (AvgIpc) is 3.31. The van der Waals surface area contributed by atoms with Crippen LogP contribution in [0.15, 0.2) is 23.0 Å². The van der Waals surface area contributed by atoms with Gasteiger partial charge in [0.2, 0.25) is 0 Å². The standard InChI is InChI=1S/C28H32O10/c1-13(29)35-18-19-24(2,3)37-16-10-17(30)34-12-27(16,19)15-6-8-25(4)21(14-7-9-33-11-14)36-23(32)22-28(25,38-22)26(15,5)20(18)31/h7,9,11,15-16,18-19,21-22H,6,8,10,12H2,1-5H3/t15-,16-,18+,19+,21-,22-,25+,26-,27+,28+/m0/s1. The van der Waals surface area contributed by atoms with Crippen LogP contribution in [0.4, 0.5) is 0 Å². The van der Waals surface area contributed by atoms with Gasteiger partial charge in [-0.15, -0.1) is 0 Å². The molecule has 0 N–H and O–H groups in total. The Hall–Kier alpha value is -2.72. The van der Waals surface area contributed by atoms with Crippen LogP contribution in [0.1, 0.15) is 65.5 Å². The first-order valence-electron chi connectivity index (χ1n) is 13.3. The molecule has 2 aliphatic carbocycles. The molecule has 4 saturated heterocycles. The molecule has 6 fully saturated rings. The number of hydrogen-bond acceptors (Lipinski definition) is 10. The number of cyclic esters (lactones) is 2. The quantitative estimate of drug-likeness (QED) is 0.321. The Morgan fingerprint density at radius 2 is 1.84 bits per heavy atom. The van der Waals surface area contributed by atoms with Crippen molar-refractivity contribution in [1.29, 1.82) is 0 Å². The number of carbonyl (C=O) groups is 4. The van der Waals surface area contributed by atoms with E-state index in [4.69, 9.17) is 28.1 Å². The smallest absolute Gasteiger partial charge is 0.339 e. The van der Waals surface area contributed by atoms with Crippen LogP contribution < -0.4 is 0 Å². The maximum absolute atomic E-state index is 14.8. The maximum Gasteiger partial charge on any atom is 0.339 e. The van der Waals surface area contributed by atoms with Gasteiger partial charge in [0.15, 0.2) is 18.0 Å². The third kappa shape index (κ3) is 2.48. The summed E-state index contributed by atoms with van der Waals surface area (Å²) in [6.07, 6.45) is 0.994. The van der Waals surface area contributed by atoms with Crippen molar-refractivity contribution in [2.24, 2.45) is 28.1 Å². The molecule has 0 radical (unpaired) electrons. The summed E-state index contributed by atoms with van der Waals surface area (Å²) >= 11 is 0. The van der Waals surface area contributed by atoms with Crippen LogP contribution >= 0.6 is 0 Å². The number of furan rings is 1. The summed E-state index contributed by atoms with van der Waals surface area (Å²) < 4.78 is 35.7. The second kappa shape index (κ2) is 7.07. The molecule has 2 saturated carbocycles. The van der Waals surface area contributed by atoms with Gasteiger partial charge in [-0.3, -0.25) is 14.4 Å². The Labute approximate surface area is 219 Å². The Morgan fingerprint density at radius 3 is 2.53 bits per heavy atom. The first-order valence-corrected chi connectivity index (χ1v) is 13.3. The molecule has 10 nitrogen and oxygen atoms in total. The van der Waals surface area contributed by atoms with Gasteiger partial charge in [-0.25, -0.2) is 4.79 Å². The van der Waals surface area contributed by atoms with Crippen molar-refractivity contribution in [3.05, 3.63) is 24.2 Å². The predicted octanol–water partition coefficient (Wildman–Crippen LogP) is 2.68. The van der Waals surface area contributed by atoms with Crippen LogP contribution in [0.5, 0.6) is 0 Å². The molecule has 38 heavy (non-hydrogen) atoms. The number of hydrogen-bond donors (Lipinski definition) is 0. The minimum Gasteiger partial charge on any atom is -0.472 e.